The van der Waals surface area contributed by atoms with Crippen molar-refractivity contribution in [2.75, 3.05) is 30.5 Å². The van der Waals surface area contributed by atoms with Gasteiger partial charge in [0.15, 0.2) is 5.60 Å². The van der Waals surface area contributed by atoms with Gasteiger partial charge in [0.2, 0.25) is 0 Å². The van der Waals surface area contributed by atoms with Crippen LogP contribution in [0.15, 0.2) is 66.9 Å². The Morgan fingerprint density at radius 2 is 1.93 bits per heavy atom. The predicted octanol–water partition coefficient (Wildman–Crippen LogP) is 3.23. The van der Waals surface area contributed by atoms with Gasteiger partial charge in [0, 0.05) is 61.5 Å². The number of aromatic nitrogens is 3. The molecule has 1 aliphatic heterocycles. The highest BCUT2D eigenvalue weighted by atomic mass is 16.5. The van der Waals surface area contributed by atoms with Crippen LogP contribution >= 0.6 is 0 Å². The van der Waals surface area contributed by atoms with E-state index in [4.69, 9.17) is 9.84 Å². The number of rotatable bonds is 14. The molecule has 0 unspecified atom stereocenters. The molecule has 0 saturated heterocycles. The lowest BCUT2D eigenvalue weighted by atomic mass is 9.82. The van der Waals surface area contributed by atoms with Crippen molar-refractivity contribution in [2.24, 2.45) is 5.92 Å². The number of benzene rings is 2. The van der Waals surface area contributed by atoms with Gasteiger partial charge < -0.3 is 25.2 Å². The normalized spacial score (nSPS) is 17.0. The Kier molecular flexibility index (Phi) is 10.2. The van der Waals surface area contributed by atoms with Crippen molar-refractivity contribution in [1.82, 2.24) is 15.0 Å². The van der Waals surface area contributed by atoms with Crippen LogP contribution < -0.4 is 10.2 Å². The van der Waals surface area contributed by atoms with E-state index in [0.717, 1.165) is 0 Å². The zero-order chi connectivity index (χ0) is 30.1. The Morgan fingerprint density at radius 3 is 2.67 bits per heavy atom. The maximum absolute atomic E-state index is 13.8. The predicted molar refractivity (Wildman–Crippen MR) is 157 cm³/mol. The molecule has 0 saturated carbocycles. The number of hydrogen-bond acceptors (Lipinski definition) is 8. The molecule has 11 heteroatoms. The van der Waals surface area contributed by atoms with Gasteiger partial charge in [-0.15, -0.1) is 5.10 Å². The SMILES string of the molecule is COC(=O)CCCCN1C(=O)[C@@](O)([C@@H](C)/C=C/CCn2cc(CCO)nn2)c2cc(NC(=O)c3ccccc3)ccc21. The van der Waals surface area contributed by atoms with Crippen LogP contribution in [0.1, 0.15) is 54.2 Å². The van der Waals surface area contributed by atoms with Gasteiger partial charge in [0.05, 0.1) is 18.5 Å². The molecule has 11 nitrogen and oxygen atoms in total. The van der Waals surface area contributed by atoms with Crippen molar-refractivity contribution in [3.8, 4) is 0 Å². The number of aryl methyl sites for hydroxylation is 1. The highest BCUT2D eigenvalue weighted by Crippen LogP contribution is 2.46. The molecule has 1 aliphatic rings. The monoisotopic (exact) mass is 575 g/mol. The van der Waals surface area contributed by atoms with Crippen molar-refractivity contribution < 1.29 is 29.3 Å². The minimum Gasteiger partial charge on any atom is -0.469 e. The number of allylic oxidation sites excluding steroid dienone is 1. The molecule has 42 heavy (non-hydrogen) atoms. The van der Waals surface area contributed by atoms with Gasteiger partial charge in [0.25, 0.3) is 11.8 Å². The number of unbranched alkanes of at least 4 members (excludes halogenated alkanes) is 1. The molecule has 2 atom stereocenters. The topological polar surface area (TPSA) is 147 Å². The van der Waals surface area contributed by atoms with Crippen LogP contribution in [0.5, 0.6) is 0 Å². The third kappa shape index (κ3) is 6.92. The summed E-state index contributed by atoms with van der Waals surface area (Å²) in [7, 11) is 1.34. The lowest BCUT2D eigenvalue weighted by Gasteiger charge is -2.28. The number of carbonyl (C=O) groups is 3. The molecule has 0 aliphatic carbocycles. The van der Waals surface area contributed by atoms with Crippen LogP contribution in [0.2, 0.25) is 0 Å². The van der Waals surface area contributed by atoms with E-state index in [-0.39, 0.29) is 24.9 Å². The molecule has 1 aromatic heterocycles. The maximum Gasteiger partial charge on any atom is 0.305 e. The Morgan fingerprint density at radius 1 is 1.14 bits per heavy atom. The van der Waals surface area contributed by atoms with E-state index < -0.39 is 17.4 Å². The molecule has 4 rings (SSSR count). The number of ether oxygens (including phenoxy) is 1. The van der Waals surface area contributed by atoms with Crippen LogP contribution in [0.3, 0.4) is 0 Å². The Balaban J connectivity index is 1.53. The average molecular weight is 576 g/mol. The smallest absolute Gasteiger partial charge is 0.305 e. The number of anilines is 2. The maximum atomic E-state index is 13.8. The standard InChI is InChI=1S/C31H37N5O6/c1-22(10-6-8-17-35-21-25(16-19-37)33-34-35)31(41)26-20-24(32-29(39)23-11-4-3-5-12-23)14-15-27(26)36(30(31)40)18-9-7-13-28(38)42-2/h3-6,10-12,14-15,20-22,37,41H,7-9,13,16-19H2,1-2H3,(H,32,39)/b10-6+/t22-,31+/m0/s1. The molecule has 2 heterocycles. The summed E-state index contributed by atoms with van der Waals surface area (Å²) in [6.07, 6.45) is 7.83. The summed E-state index contributed by atoms with van der Waals surface area (Å²) in [6.45, 7) is 2.65. The quantitative estimate of drug-likeness (QED) is 0.151. The van der Waals surface area contributed by atoms with Gasteiger partial charge in [-0.2, -0.15) is 0 Å². The molecule has 0 fully saturated rings. The van der Waals surface area contributed by atoms with E-state index in [1.54, 1.807) is 65.2 Å². The van der Waals surface area contributed by atoms with Crippen LogP contribution in [0, 0.1) is 5.92 Å². The number of carbonyl (C=O) groups excluding carboxylic acids is 3. The first-order valence-electron chi connectivity index (χ1n) is 14.1. The summed E-state index contributed by atoms with van der Waals surface area (Å²) < 4.78 is 6.39. The molecular formula is C31H37N5O6. The van der Waals surface area contributed by atoms with E-state index in [2.05, 4.69) is 15.6 Å². The fraction of sp³-hybridized carbons (Fsp3) is 0.387. The summed E-state index contributed by atoms with van der Waals surface area (Å²) in [5.74, 6) is -1.66. The van der Waals surface area contributed by atoms with Crippen molar-refractivity contribution in [3.05, 3.63) is 83.7 Å². The van der Waals surface area contributed by atoms with E-state index >= 15 is 0 Å². The lowest BCUT2D eigenvalue weighted by molar-refractivity contribution is -0.140. The molecule has 2 aromatic carbocycles. The molecule has 0 spiro atoms. The highest BCUT2D eigenvalue weighted by Gasteiger charge is 2.52. The van der Waals surface area contributed by atoms with Gasteiger partial charge in [0.1, 0.15) is 0 Å². The minimum atomic E-state index is -1.86. The fourth-order valence-electron chi connectivity index (χ4n) is 5.00. The zero-order valence-electron chi connectivity index (χ0n) is 23.9. The van der Waals surface area contributed by atoms with E-state index in [1.165, 1.54) is 7.11 Å². The number of methoxy groups -OCH3 is 1. The van der Waals surface area contributed by atoms with Crippen molar-refractivity contribution in [2.45, 2.75) is 51.2 Å². The van der Waals surface area contributed by atoms with E-state index in [0.29, 0.717) is 67.0 Å². The Bertz CT molecular complexity index is 1420. The number of nitrogens with zero attached hydrogens (tertiary/aromatic N) is 4. The Hall–Kier alpha value is -4.35. The summed E-state index contributed by atoms with van der Waals surface area (Å²) >= 11 is 0. The van der Waals surface area contributed by atoms with Gasteiger partial charge in [-0.1, -0.05) is 42.5 Å². The minimum absolute atomic E-state index is 0.00411. The third-order valence-corrected chi connectivity index (χ3v) is 7.37. The van der Waals surface area contributed by atoms with Gasteiger partial charge in [-0.3, -0.25) is 19.1 Å². The second-order valence-electron chi connectivity index (χ2n) is 10.3. The number of esters is 1. The number of nitrogens with one attached hydrogen (secondary N) is 1. The molecule has 0 bridgehead atoms. The third-order valence-electron chi connectivity index (χ3n) is 7.37. The van der Waals surface area contributed by atoms with Gasteiger partial charge in [-0.25, -0.2) is 0 Å². The summed E-state index contributed by atoms with van der Waals surface area (Å²) in [4.78, 5) is 39.7. The lowest BCUT2D eigenvalue weighted by Crippen LogP contribution is -2.44. The first kappa shape index (κ1) is 30.6. The van der Waals surface area contributed by atoms with Crippen LogP contribution in [0.25, 0.3) is 0 Å². The zero-order valence-corrected chi connectivity index (χ0v) is 23.9. The number of aliphatic hydroxyl groups excluding tert-OH is 1. The van der Waals surface area contributed by atoms with E-state index in [1.807, 2.05) is 18.2 Å². The molecule has 3 N–H and O–H groups in total. The highest BCUT2D eigenvalue weighted by molar-refractivity contribution is 6.09. The number of aliphatic hydroxyl groups is 2. The molecule has 3 aromatic rings. The van der Waals surface area contributed by atoms with Crippen molar-refractivity contribution in [3.63, 3.8) is 0 Å². The molecule has 2 amide bonds. The Labute approximate surface area is 244 Å². The molecule has 222 valence electrons. The van der Waals surface area contributed by atoms with Gasteiger partial charge in [-0.05, 0) is 49.6 Å². The first-order valence-corrected chi connectivity index (χ1v) is 14.1. The van der Waals surface area contributed by atoms with Crippen molar-refractivity contribution >= 4 is 29.2 Å². The van der Waals surface area contributed by atoms with Crippen LogP contribution in [-0.4, -0.2) is 63.3 Å². The number of hydrogen-bond donors (Lipinski definition) is 3. The second kappa shape index (κ2) is 14.0. The first-order chi connectivity index (χ1) is 20.3. The van der Waals surface area contributed by atoms with Crippen LogP contribution in [-0.2, 0) is 32.9 Å². The number of fused-ring (bicyclic) bond motifs is 1. The van der Waals surface area contributed by atoms with E-state index in [9.17, 15) is 19.5 Å². The summed E-state index contributed by atoms with van der Waals surface area (Å²) in [5, 5.41) is 32.0. The second-order valence-corrected chi connectivity index (χ2v) is 10.3. The molecule has 0 radical (unpaired) electrons. The molecular weight excluding hydrogens is 538 g/mol. The fourth-order valence-corrected chi connectivity index (χ4v) is 5.00. The van der Waals surface area contributed by atoms with Crippen LogP contribution in [0.4, 0.5) is 11.4 Å². The largest absolute Gasteiger partial charge is 0.469 e. The summed E-state index contributed by atoms with van der Waals surface area (Å²) in [5.41, 5.74) is 0.778. The van der Waals surface area contributed by atoms with Crippen molar-refractivity contribution in [1.29, 1.82) is 0 Å². The number of amides is 2. The van der Waals surface area contributed by atoms with Gasteiger partial charge >= 0.3 is 5.97 Å². The summed E-state index contributed by atoms with van der Waals surface area (Å²) in [6, 6.07) is 13.9. The average Bonchev–Trinajstić information content (AvgIpc) is 3.54.